The molecule has 42 heavy (non-hydrogen) atoms. The number of nitrogens with two attached hydrogens (primary N) is 1. The average Bonchev–Trinajstić information content (AvgIpc) is 3.45. The third-order valence-corrected chi connectivity index (χ3v) is 7.39. The molecule has 1 aliphatic rings. The number of ether oxygens (including phenoxy) is 1. The molecular formula is C25H21ClF5N5O5S. The van der Waals surface area contributed by atoms with Gasteiger partial charge >= 0.3 is 18.3 Å². The number of carbonyl (C=O) groups is 4. The lowest BCUT2D eigenvalue weighted by Gasteiger charge is -2.27. The van der Waals surface area contributed by atoms with Crippen molar-refractivity contribution in [2.45, 2.75) is 38.6 Å². The quantitative estimate of drug-likeness (QED) is 0.296. The van der Waals surface area contributed by atoms with Crippen LogP contribution < -0.4 is 15.5 Å². The summed E-state index contributed by atoms with van der Waals surface area (Å²) in [5.41, 5.74) is 2.31. The SMILES string of the molecule is CN(C(=O)[C@@H]1CN(C(=O)OC(C)(C)C)C(=O)N1c1cc(C(F)(F)F)c2cc(C(N)=O)sc2n1)c1ccc(F)c(Cl)c1F. The molecule has 1 fully saturated rings. The molecule has 4 rings (SSSR count). The number of thiophene rings is 1. The van der Waals surface area contributed by atoms with Gasteiger partial charge in [-0.2, -0.15) is 13.2 Å². The van der Waals surface area contributed by atoms with Crippen molar-refractivity contribution in [3.8, 4) is 0 Å². The molecular weight excluding hydrogens is 613 g/mol. The molecule has 0 bridgehead atoms. The van der Waals surface area contributed by atoms with E-state index in [0.717, 1.165) is 25.2 Å². The van der Waals surface area contributed by atoms with Crippen LogP contribution >= 0.6 is 22.9 Å². The zero-order chi connectivity index (χ0) is 31.5. The molecule has 2 N–H and O–H groups in total. The molecule has 0 spiro atoms. The van der Waals surface area contributed by atoms with Crippen LogP contribution in [-0.2, 0) is 15.7 Å². The van der Waals surface area contributed by atoms with Crippen LogP contribution in [0, 0.1) is 11.6 Å². The van der Waals surface area contributed by atoms with E-state index in [2.05, 4.69) is 4.98 Å². The number of primary amides is 1. The number of rotatable bonds is 4. The number of imide groups is 1. The van der Waals surface area contributed by atoms with Crippen LogP contribution in [0.15, 0.2) is 24.3 Å². The highest BCUT2D eigenvalue weighted by molar-refractivity contribution is 7.20. The van der Waals surface area contributed by atoms with Crippen molar-refractivity contribution < 1.29 is 45.9 Å². The summed E-state index contributed by atoms with van der Waals surface area (Å²) in [5, 5.41) is -1.41. The van der Waals surface area contributed by atoms with Crippen LogP contribution in [0.2, 0.25) is 5.02 Å². The van der Waals surface area contributed by atoms with Crippen molar-refractivity contribution in [3.63, 3.8) is 0 Å². The number of carbonyl (C=O) groups excluding carboxylic acids is 4. The predicted molar refractivity (Wildman–Crippen MR) is 143 cm³/mol. The van der Waals surface area contributed by atoms with Crippen LogP contribution in [-0.4, -0.2) is 59.1 Å². The number of fused-ring (bicyclic) bond motifs is 1. The Hall–Kier alpha value is -4.05. The van der Waals surface area contributed by atoms with Gasteiger partial charge in [0, 0.05) is 12.4 Å². The molecule has 0 saturated carbocycles. The topological polar surface area (TPSA) is 126 Å². The fourth-order valence-corrected chi connectivity index (χ4v) is 5.17. The summed E-state index contributed by atoms with van der Waals surface area (Å²) in [6.45, 7) is 3.77. The molecule has 17 heteroatoms. The van der Waals surface area contributed by atoms with Crippen LogP contribution in [0.4, 0.5) is 43.0 Å². The number of aromatic nitrogens is 1. The third kappa shape index (κ3) is 5.68. The van der Waals surface area contributed by atoms with Crippen molar-refractivity contribution in [2.24, 2.45) is 5.73 Å². The molecule has 3 aromatic rings. The van der Waals surface area contributed by atoms with Gasteiger partial charge in [0.2, 0.25) is 0 Å². The molecule has 0 unspecified atom stereocenters. The first-order chi connectivity index (χ1) is 19.3. The molecule has 0 radical (unpaired) electrons. The van der Waals surface area contributed by atoms with Gasteiger partial charge in [-0.25, -0.2) is 28.3 Å². The Morgan fingerprint density at radius 3 is 2.38 bits per heavy atom. The Balaban J connectivity index is 1.88. The highest BCUT2D eigenvalue weighted by Gasteiger charge is 2.49. The molecule has 1 saturated heterocycles. The molecule has 1 aromatic carbocycles. The van der Waals surface area contributed by atoms with Crippen molar-refractivity contribution >= 4 is 68.6 Å². The summed E-state index contributed by atoms with van der Waals surface area (Å²) >= 11 is 6.15. The van der Waals surface area contributed by atoms with Gasteiger partial charge in [0.25, 0.3) is 11.8 Å². The van der Waals surface area contributed by atoms with E-state index in [-0.39, 0.29) is 9.71 Å². The summed E-state index contributed by atoms with van der Waals surface area (Å²) in [6.07, 6.45) is -6.22. The van der Waals surface area contributed by atoms with E-state index in [1.54, 1.807) is 0 Å². The van der Waals surface area contributed by atoms with Gasteiger partial charge in [0.05, 0.1) is 22.7 Å². The fraction of sp³-hybridized carbons (Fsp3) is 0.320. The number of amides is 5. The number of halogens is 6. The number of hydrogen-bond donors (Lipinski definition) is 1. The molecule has 5 amide bonds. The molecule has 1 aliphatic heterocycles. The zero-order valence-electron chi connectivity index (χ0n) is 22.2. The van der Waals surface area contributed by atoms with E-state index in [0.29, 0.717) is 32.1 Å². The number of urea groups is 1. The average molecular weight is 634 g/mol. The Kier molecular flexibility index (Phi) is 7.84. The summed E-state index contributed by atoms with van der Waals surface area (Å²) in [5.74, 6) is -5.24. The van der Waals surface area contributed by atoms with E-state index in [1.807, 2.05) is 0 Å². The molecule has 2 aromatic heterocycles. The molecule has 3 heterocycles. The maximum atomic E-state index is 14.8. The number of nitrogens with zero attached hydrogens (tertiary/aromatic N) is 4. The molecule has 224 valence electrons. The van der Waals surface area contributed by atoms with Gasteiger partial charge in [-0.3, -0.25) is 14.5 Å². The minimum atomic E-state index is -5.01. The number of hydrogen-bond acceptors (Lipinski definition) is 7. The summed E-state index contributed by atoms with van der Waals surface area (Å²) in [4.78, 5) is 56.9. The lowest BCUT2D eigenvalue weighted by atomic mass is 10.1. The summed E-state index contributed by atoms with van der Waals surface area (Å²) < 4.78 is 76.1. The second-order valence-corrected chi connectivity index (χ2v) is 11.5. The molecule has 0 aliphatic carbocycles. The van der Waals surface area contributed by atoms with Gasteiger partial charge in [-0.1, -0.05) is 11.6 Å². The first-order valence-corrected chi connectivity index (χ1v) is 13.1. The van der Waals surface area contributed by atoms with E-state index >= 15 is 0 Å². The van der Waals surface area contributed by atoms with Gasteiger partial charge in [-0.15, -0.1) is 11.3 Å². The van der Waals surface area contributed by atoms with Crippen LogP contribution in [0.5, 0.6) is 0 Å². The first kappa shape index (κ1) is 30.9. The zero-order valence-corrected chi connectivity index (χ0v) is 23.7. The highest BCUT2D eigenvalue weighted by atomic mass is 35.5. The van der Waals surface area contributed by atoms with E-state index in [1.165, 1.54) is 20.8 Å². The highest BCUT2D eigenvalue weighted by Crippen LogP contribution is 2.41. The normalized spacial score (nSPS) is 15.9. The van der Waals surface area contributed by atoms with Gasteiger partial charge < -0.3 is 15.4 Å². The number of pyridine rings is 1. The number of alkyl halides is 3. The Bertz CT molecular complexity index is 1640. The molecule has 10 nitrogen and oxygen atoms in total. The number of benzene rings is 1. The van der Waals surface area contributed by atoms with Crippen molar-refractivity contribution in [3.05, 3.63) is 51.4 Å². The standard InChI is InChI=1S/C25H21ClF5N5O5S/c1-24(2,3)41-23(40)35-9-14(21(38)34(4)13-6-5-12(27)17(26)18(13)28)36(22(35)39)16-8-11(25(29,30)31)10-7-15(19(32)37)42-20(10)33-16/h5-8,14H,9H2,1-4H3,(H2,32,37)/t14-/m0/s1. The van der Waals surface area contributed by atoms with Crippen molar-refractivity contribution in [1.29, 1.82) is 0 Å². The minimum Gasteiger partial charge on any atom is -0.443 e. The van der Waals surface area contributed by atoms with Gasteiger partial charge in [-0.05, 0) is 45.0 Å². The Labute approximate surface area is 243 Å². The minimum absolute atomic E-state index is 0.251. The third-order valence-electron chi connectivity index (χ3n) is 6.00. The second kappa shape index (κ2) is 10.7. The van der Waals surface area contributed by atoms with Gasteiger partial charge in [0.15, 0.2) is 5.82 Å². The number of likely N-dealkylation sites (N-methyl/N-ethyl adjacent to an activating group) is 1. The fourth-order valence-electron chi connectivity index (χ4n) is 4.11. The largest absolute Gasteiger partial charge is 0.443 e. The predicted octanol–water partition coefficient (Wildman–Crippen LogP) is 5.55. The first-order valence-electron chi connectivity index (χ1n) is 11.9. The maximum absolute atomic E-state index is 14.8. The number of anilines is 2. The Morgan fingerprint density at radius 2 is 1.81 bits per heavy atom. The molecule has 1 atom stereocenters. The van der Waals surface area contributed by atoms with E-state index in [9.17, 15) is 41.1 Å². The summed E-state index contributed by atoms with van der Waals surface area (Å²) in [6, 6.07) is 0.0435. The smallest absolute Gasteiger partial charge is 0.418 e. The van der Waals surface area contributed by atoms with Crippen molar-refractivity contribution in [1.82, 2.24) is 9.88 Å². The summed E-state index contributed by atoms with van der Waals surface area (Å²) in [7, 11) is 1.06. The van der Waals surface area contributed by atoms with E-state index < -0.39 is 87.4 Å². The van der Waals surface area contributed by atoms with Crippen molar-refractivity contribution in [2.75, 3.05) is 23.4 Å². The second-order valence-electron chi connectivity index (χ2n) is 10.1. The van der Waals surface area contributed by atoms with Crippen LogP contribution in [0.25, 0.3) is 10.2 Å². The van der Waals surface area contributed by atoms with Crippen LogP contribution in [0.3, 0.4) is 0 Å². The Morgan fingerprint density at radius 1 is 1.17 bits per heavy atom. The maximum Gasteiger partial charge on any atom is 0.418 e. The van der Waals surface area contributed by atoms with E-state index in [4.69, 9.17) is 22.1 Å². The monoisotopic (exact) mass is 633 g/mol. The lowest BCUT2D eigenvalue weighted by molar-refractivity contribution is -0.136. The lowest BCUT2D eigenvalue weighted by Crippen LogP contribution is -2.47. The van der Waals surface area contributed by atoms with Gasteiger partial charge in [0.1, 0.15) is 33.1 Å². The van der Waals surface area contributed by atoms with Crippen LogP contribution in [0.1, 0.15) is 36.0 Å².